The summed E-state index contributed by atoms with van der Waals surface area (Å²) in [5, 5.41) is 3.43. The zero-order valence-electron chi connectivity index (χ0n) is 11.0. The van der Waals surface area contributed by atoms with E-state index in [2.05, 4.69) is 5.32 Å². The summed E-state index contributed by atoms with van der Waals surface area (Å²) in [5.74, 6) is -0.555. The van der Waals surface area contributed by atoms with Crippen LogP contribution in [0.15, 0.2) is 12.1 Å². The Morgan fingerprint density at radius 3 is 2.85 bits per heavy atom. The fourth-order valence-electron chi connectivity index (χ4n) is 2.21. The number of piperidine rings is 1. The van der Waals surface area contributed by atoms with Gasteiger partial charge in [0.05, 0.1) is 10.6 Å². The van der Waals surface area contributed by atoms with Gasteiger partial charge in [-0.2, -0.15) is 0 Å². The predicted molar refractivity (Wildman–Crippen MR) is 89.4 cm³/mol. The Bertz CT molecular complexity index is 496. The molecular weight excluding hydrogens is 417 g/mol. The number of nitrogens with zero attached hydrogens (tertiary/aromatic N) is 1. The van der Waals surface area contributed by atoms with Gasteiger partial charge in [0.1, 0.15) is 5.82 Å². The molecule has 1 saturated heterocycles. The first-order valence-electron chi connectivity index (χ1n) is 6.13. The predicted octanol–water partition coefficient (Wildman–Crippen LogP) is 3.33. The van der Waals surface area contributed by atoms with Gasteiger partial charge in [0, 0.05) is 23.2 Å². The smallest absolute Gasteiger partial charge is 0.255 e. The van der Waals surface area contributed by atoms with Crippen LogP contribution in [-0.4, -0.2) is 37.0 Å². The van der Waals surface area contributed by atoms with Crippen molar-refractivity contribution in [2.45, 2.75) is 18.9 Å². The number of halogens is 4. The van der Waals surface area contributed by atoms with Gasteiger partial charge in [0.2, 0.25) is 0 Å². The number of nitrogens with one attached hydrogen (secondary N) is 1. The molecule has 112 valence electrons. The summed E-state index contributed by atoms with van der Waals surface area (Å²) in [6, 6.07) is 2.87. The van der Waals surface area contributed by atoms with Crippen LogP contribution in [0.4, 0.5) is 4.39 Å². The average molecular weight is 433 g/mol. The lowest BCUT2D eigenvalue weighted by atomic mass is 10.1. The number of benzene rings is 1. The molecule has 1 aromatic carbocycles. The topological polar surface area (TPSA) is 32.3 Å². The summed E-state index contributed by atoms with van der Waals surface area (Å²) < 4.78 is 13.8. The fourth-order valence-corrected chi connectivity index (χ4v) is 2.90. The molecule has 3 nitrogen and oxygen atoms in total. The van der Waals surface area contributed by atoms with Gasteiger partial charge in [-0.1, -0.05) is 11.6 Å². The molecule has 0 aliphatic carbocycles. The minimum atomic E-state index is -0.399. The Morgan fingerprint density at radius 1 is 1.55 bits per heavy atom. The van der Waals surface area contributed by atoms with Crippen LogP contribution in [0.3, 0.4) is 0 Å². The van der Waals surface area contributed by atoms with Crippen LogP contribution >= 0.6 is 46.6 Å². The second-order valence-electron chi connectivity index (χ2n) is 4.66. The third-order valence-corrected chi connectivity index (χ3v) is 4.52. The Labute approximate surface area is 142 Å². The van der Waals surface area contributed by atoms with E-state index in [-0.39, 0.29) is 29.4 Å². The summed E-state index contributed by atoms with van der Waals surface area (Å²) in [6.45, 7) is 1.78. The monoisotopic (exact) mass is 432 g/mol. The molecule has 0 aromatic heterocycles. The first kappa shape index (κ1) is 17.9. The lowest BCUT2D eigenvalue weighted by Crippen LogP contribution is -2.46. The molecular formula is C13H16Cl2FIN2O. The molecule has 1 heterocycles. The second-order valence-corrected chi connectivity index (χ2v) is 6.23. The molecule has 0 saturated carbocycles. The van der Waals surface area contributed by atoms with E-state index in [4.69, 9.17) is 11.6 Å². The van der Waals surface area contributed by atoms with Crippen LogP contribution < -0.4 is 5.32 Å². The van der Waals surface area contributed by atoms with E-state index < -0.39 is 5.82 Å². The summed E-state index contributed by atoms with van der Waals surface area (Å²) >= 11 is 7.83. The average Bonchev–Trinajstić information content (AvgIpc) is 2.42. The molecule has 1 atom stereocenters. The largest absolute Gasteiger partial charge is 0.337 e. The van der Waals surface area contributed by atoms with Gasteiger partial charge >= 0.3 is 0 Å². The first-order chi connectivity index (χ1) is 9.00. The van der Waals surface area contributed by atoms with Gasteiger partial charge in [0.25, 0.3) is 5.91 Å². The van der Waals surface area contributed by atoms with Crippen LogP contribution in [0, 0.1) is 9.39 Å². The maximum absolute atomic E-state index is 13.4. The van der Waals surface area contributed by atoms with Crippen molar-refractivity contribution in [2.75, 3.05) is 20.1 Å². The van der Waals surface area contributed by atoms with Gasteiger partial charge < -0.3 is 10.2 Å². The zero-order chi connectivity index (χ0) is 14.0. The number of amides is 1. The fraction of sp³-hybridized carbons (Fsp3) is 0.462. The molecule has 1 aromatic rings. The van der Waals surface area contributed by atoms with Crippen molar-refractivity contribution in [3.05, 3.63) is 32.1 Å². The molecule has 1 aliphatic rings. The lowest BCUT2D eigenvalue weighted by Gasteiger charge is -2.32. The summed E-state index contributed by atoms with van der Waals surface area (Å²) in [5.41, 5.74) is 0.362. The number of carbonyl (C=O) groups excluding carboxylic acids is 1. The molecule has 1 aliphatic heterocycles. The third-order valence-electron chi connectivity index (χ3n) is 3.38. The zero-order valence-corrected chi connectivity index (χ0v) is 14.7. The standard InChI is InChI=1S/C13H15ClFIN2O.ClH/c1-18(8-3-2-4-17-7-8)13(19)9-5-12(16)11(15)6-10(9)14;/h5-6,8,17H,2-4,7H2,1H3;1H/t8-;/m1./s1. The van der Waals surface area contributed by atoms with Gasteiger partial charge in [-0.05, 0) is 54.1 Å². The van der Waals surface area contributed by atoms with Crippen molar-refractivity contribution >= 4 is 52.5 Å². The van der Waals surface area contributed by atoms with Crippen LogP contribution in [0.2, 0.25) is 5.02 Å². The van der Waals surface area contributed by atoms with Crippen molar-refractivity contribution in [1.82, 2.24) is 10.2 Å². The first-order valence-corrected chi connectivity index (χ1v) is 7.59. The van der Waals surface area contributed by atoms with Crippen LogP contribution in [0.5, 0.6) is 0 Å². The van der Waals surface area contributed by atoms with E-state index in [1.54, 1.807) is 11.9 Å². The highest BCUT2D eigenvalue weighted by Crippen LogP contribution is 2.24. The van der Waals surface area contributed by atoms with Crippen molar-refractivity contribution in [3.8, 4) is 0 Å². The maximum Gasteiger partial charge on any atom is 0.255 e. The van der Waals surface area contributed by atoms with Crippen molar-refractivity contribution in [2.24, 2.45) is 0 Å². The molecule has 1 fully saturated rings. The van der Waals surface area contributed by atoms with Crippen molar-refractivity contribution < 1.29 is 9.18 Å². The van der Waals surface area contributed by atoms with E-state index in [0.717, 1.165) is 25.9 Å². The van der Waals surface area contributed by atoms with Gasteiger partial charge in [-0.25, -0.2) is 4.39 Å². The van der Waals surface area contributed by atoms with E-state index in [0.29, 0.717) is 9.13 Å². The number of likely N-dealkylation sites (N-methyl/N-ethyl adjacent to an activating group) is 1. The highest BCUT2D eigenvalue weighted by atomic mass is 127. The van der Waals surface area contributed by atoms with Gasteiger partial charge in [0.15, 0.2) is 0 Å². The van der Waals surface area contributed by atoms with E-state index in [1.165, 1.54) is 12.1 Å². The number of rotatable bonds is 2. The maximum atomic E-state index is 13.4. The highest BCUT2D eigenvalue weighted by Gasteiger charge is 2.24. The second kappa shape index (κ2) is 7.77. The number of hydrogen-bond acceptors (Lipinski definition) is 2. The van der Waals surface area contributed by atoms with E-state index >= 15 is 0 Å². The van der Waals surface area contributed by atoms with Gasteiger partial charge in [-0.15, -0.1) is 12.4 Å². The van der Waals surface area contributed by atoms with Crippen molar-refractivity contribution in [1.29, 1.82) is 0 Å². The van der Waals surface area contributed by atoms with Gasteiger partial charge in [-0.3, -0.25) is 4.79 Å². The van der Waals surface area contributed by atoms with Crippen LogP contribution in [0.25, 0.3) is 0 Å². The van der Waals surface area contributed by atoms with E-state index in [1.807, 2.05) is 22.6 Å². The lowest BCUT2D eigenvalue weighted by molar-refractivity contribution is 0.0708. The summed E-state index contributed by atoms with van der Waals surface area (Å²) in [7, 11) is 1.77. The highest BCUT2D eigenvalue weighted by molar-refractivity contribution is 14.1. The molecule has 1 amide bonds. The minimum absolute atomic E-state index is 0. The Hall–Kier alpha value is -0.110. The third kappa shape index (κ3) is 3.96. The summed E-state index contributed by atoms with van der Waals surface area (Å²) in [4.78, 5) is 14.1. The van der Waals surface area contributed by atoms with Crippen LogP contribution in [0.1, 0.15) is 23.2 Å². The Morgan fingerprint density at radius 2 is 2.25 bits per heavy atom. The molecule has 20 heavy (non-hydrogen) atoms. The molecule has 0 bridgehead atoms. The van der Waals surface area contributed by atoms with Crippen molar-refractivity contribution in [3.63, 3.8) is 0 Å². The molecule has 7 heteroatoms. The quantitative estimate of drug-likeness (QED) is 0.574. The number of hydrogen-bond donors (Lipinski definition) is 1. The SMILES string of the molecule is CN(C(=O)c1cc(I)c(F)cc1Cl)[C@@H]1CCCNC1.Cl. The summed E-state index contributed by atoms with van der Waals surface area (Å²) in [6.07, 6.45) is 2.03. The molecule has 0 unspecified atom stereocenters. The molecule has 0 spiro atoms. The van der Waals surface area contributed by atoms with Crippen LogP contribution in [-0.2, 0) is 0 Å². The Balaban J connectivity index is 0.00000200. The molecule has 1 N–H and O–H groups in total. The molecule has 2 rings (SSSR count). The minimum Gasteiger partial charge on any atom is -0.337 e. The normalized spacial score (nSPS) is 18.3. The van der Waals surface area contributed by atoms with E-state index in [9.17, 15) is 9.18 Å². The molecule has 0 radical (unpaired) electrons. The Kier molecular flexibility index (Phi) is 6.97. The number of carbonyl (C=O) groups is 1.